The third kappa shape index (κ3) is 4.96. The standard InChI is InChI=1S/C10H19NO2.BrH/c1-9(10(12)13)5-8-11-6-3-2-4-7-11;/h9H,2-8H2,1H3,(H,12,13);1H. The Kier molecular flexibility index (Phi) is 7.19. The molecule has 4 heteroatoms. The molecule has 0 aliphatic carbocycles. The molecule has 1 fully saturated rings. The van der Waals surface area contributed by atoms with Crippen LogP contribution in [0.4, 0.5) is 0 Å². The van der Waals surface area contributed by atoms with Gasteiger partial charge < -0.3 is 27.0 Å². The monoisotopic (exact) mass is 265 g/mol. The number of rotatable bonds is 4. The maximum absolute atomic E-state index is 10.6. The SMILES string of the molecule is CC(CC[NH+]1CCCCC1)C(=O)O.[Br-]. The van der Waals surface area contributed by atoms with E-state index in [0.717, 1.165) is 13.0 Å². The molecule has 1 aliphatic rings. The summed E-state index contributed by atoms with van der Waals surface area (Å²) in [7, 11) is 0. The molecule has 0 spiro atoms. The Bertz CT molecular complexity index is 170. The first-order valence-corrected chi connectivity index (χ1v) is 5.26. The van der Waals surface area contributed by atoms with Gasteiger partial charge >= 0.3 is 5.97 Å². The van der Waals surface area contributed by atoms with Crippen LogP contribution in [0.3, 0.4) is 0 Å². The van der Waals surface area contributed by atoms with Crippen LogP contribution in [0.15, 0.2) is 0 Å². The number of carbonyl (C=O) groups is 1. The van der Waals surface area contributed by atoms with Crippen molar-refractivity contribution >= 4 is 5.97 Å². The molecule has 1 aliphatic heterocycles. The second kappa shape index (κ2) is 7.23. The minimum absolute atomic E-state index is 0. The van der Waals surface area contributed by atoms with Crippen LogP contribution in [-0.4, -0.2) is 30.7 Å². The summed E-state index contributed by atoms with van der Waals surface area (Å²) in [6.45, 7) is 5.32. The molecule has 0 saturated carbocycles. The van der Waals surface area contributed by atoms with Crippen molar-refractivity contribution in [2.24, 2.45) is 5.92 Å². The number of hydrogen-bond acceptors (Lipinski definition) is 1. The summed E-state index contributed by atoms with van der Waals surface area (Å²) in [6.07, 6.45) is 4.82. The van der Waals surface area contributed by atoms with Crippen LogP contribution in [0, 0.1) is 5.92 Å². The van der Waals surface area contributed by atoms with Crippen LogP contribution in [0.1, 0.15) is 32.6 Å². The van der Waals surface area contributed by atoms with Gasteiger partial charge in [-0.1, -0.05) is 6.92 Å². The molecule has 0 amide bonds. The highest BCUT2D eigenvalue weighted by Crippen LogP contribution is 2.00. The number of quaternary nitrogens is 1. The average Bonchev–Trinajstić information content (AvgIpc) is 2.15. The fraction of sp³-hybridized carbons (Fsp3) is 0.900. The maximum Gasteiger partial charge on any atom is 0.306 e. The molecule has 0 radical (unpaired) electrons. The Morgan fingerprint density at radius 3 is 2.43 bits per heavy atom. The second-order valence-corrected chi connectivity index (χ2v) is 4.09. The number of nitrogens with one attached hydrogen (secondary N) is 1. The lowest BCUT2D eigenvalue weighted by atomic mass is 10.1. The van der Waals surface area contributed by atoms with Gasteiger partial charge in [0.25, 0.3) is 0 Å². The Balaban J connectivity index is 0.00000169. The third-order valence-electron chi connectivity index (χ3n) is 2.91. The lowest BCUT2D eigenvalue weighted by Crippen LogP contribution is -3.12. The predicted molar refractivity (Wildman–Crippen MR) is 50.8 cm³/mol. The number of halogens is 1. The van der Waals surface area contributed by atoms with Gasteiger partial charge in [-0.3, -0.25) is 4.79 Å². The van der Waals surface area contributed by atoms with E-state index in [-0.39, 0.29) is 22.9 Å². The number of likely N-dealkylation sites (tertiary alicyclic amines) is 1. The predicted octanol–water partition coefficient (Wildman–Crippen LogP) is -2.83. The molecule has 1 unspecified atom stereocenters. The van der Waals surface area contributed by atoms with Crippen molar-refractivity contribution in [2.75, 3.05) is 19.6 Å². The van der Waals surface area contributed by atoms with Crippen molar-refractivity contribution in [1.82, 2.24) is 0 Å². The lowest BCUT2D eigenvalue weighted by molar-refractivity contribution is -0.905. The zero-order valence-corrected chi connectivity index (χ0v) is 10.3. The van der Waals surface area contributed by atoms with Gasteiger partial charge in [0.05, 0.1) is 25.6 Å². The minimum Gasteiger partial charge on any atom is -1.00 e. The summed E-state index contributed by atoms with van der Waals surface area (Å²) in [5, 5.41) is 8.70. The number of carboxylic acid groups (broad SMARTS) is 1. The van der Waals surface area contributed by atoms with E-state index in [1.54, 1.807) is 11.8 Å². The highest BCUT2D eigenvalue weighted by molar-refractivity contribution is 5.69. The van der Waals surface area contributed by atoms with E-state index in [1.807, 2.05) is 0 Å². The Hall–Kier alpha value is -0.0900. The lowest BCUT2D eigenvalue weighted by Gasteiger charge is -2.23. The average molecular weight is 266 g/mol. The Labute approximate surface area is 96.2 Å². The van der Waals surface area contributed by atoms with Gasteiger partial charge in [-0.25, -0.2) is 0 Å². The first kappa shape index (κ1) is 13.9. The van der Waals surface area contributed by atoms with Crippen molar-refractivity contribution in [3.05, 3.63) is 0 Å². The summed E-state index contributed by atoms with van der Waals surface area (Å²) >= 11 is 0. The Morgan fingerprint density at radius 2 is 1.93 bits per heavy atom. The molecule has 1 atom stereocenters. The topological polar surface area (TPSA) is 41.7 Å². The maximum atomic E-state index is 10.6. The van der Waals surface area contributed by atoms with Crippen molar-refractivity contribution in [2.45, 2.75) is 32.6 Å². The van der Waals surface area contributed by atoms with E-state index in [9.17, 15) is 4.79 Å². The number of carboxylic acids is 1. The molecule has 1 rings (SSSR count). The summed E-state index contributed by atoms with van der Waals surface area (Å²) in [5.41, 5.74) is 0. The largest absolute Gasteiger partial charge is 1.00 e. The zero-order chi connectivity index (χ0) is 9.68. The number of aliphatic carboxylic acids is 1. The molecule has 84 valence electrons. The minimum atomic E-state index is -0.656. The van der Waals surface area contributed by atoms with Crippen LogP contribution >= 0.6 is 0 Å². The first-order chi connectivity index (χ1) is 6.20. The van der Waals surface area contributed by atoms with E-state index >= 15 is 0 Å². The number of hydrogen-bond donors (Lipinski definition) is 2. The highest BCUT2D eigenvalue weighted by atomic mass is 79.9. The van der Waals surface area contributed by atoms with Crippen molar-refractivity contribution in [1.29, 1.82) is 0 Å². The van der Waals surface area contributed by atoms with Crippen LogP contribution in [0.25, 0.3) is 0 Å². The number of piperidine rings is 1. The zero-order valence-electron chi connectivity index (χ0n) is 8.76. The van der Waals surface area contributed by atoms with Gasteiger partial charge in [0.2, 0.25) is 0 Å². The van der Waals surface area contributed by atoms with Gasteiger partial charge in [0, 0.05) is 6.42 Å². The van der Waals surface area contributed by atoms with Crippen LogP contribution in [-0.2, 0) is 4.79 Å². The molecule has 0 aromatic rings. The molecular formula is C10H20BrNO2. The van der Waals surface area contributed by atoms with Crippen molar-refractivity contribution < 1.29 is 31.8 Å². The molecular weight excluding hydrogens is 246 g/mol. The van der Waals surface area contributed by atoms with Crippen LogP contribution in [0.2, 0.25) is 0 Å². The van der Waals surface area contributed by atoms with Crippen molar-refractivity contribution in [3.63, 3.8) is 0 Å². The van der Waals surface area contributed by atoms with Crippen molar-refractivity contribution in [3.8, 4) is 0 Å². The van der Waals surface area contributed by atoms with E-state index < -0.39 is 5.97 Å². The molecule has 0 aromatic carbocycles. The van der Waals surface area contributed by atoms with Gasteiger partial charge in [-0.2, -0.15) is 0 Å². The summed E-state index contributed by atoms with van der Waals surface area (Å²) in [4.78, 5) is 12.2. The molecule has 0 aromatic heterocycles. The van der Waals surface area contributed by atoms with Gasteiger partial charge in [-0.05, 0) is 19.3 Å². The fourth-order valence-electron chi connectivity index (χ4n) is 1.85. The summed E-state index contributed by atoms with van der Waals surface area (Å²) < 4.78 is 0. The van der Waals surface area contributed by atoms with E-state index in [1.165, 1.54) is 32.4 Å². The van der Waals surface area contributed by atoms with Gasteiger partial charge in [-0.15, -0.1) is 0 Å². The van der Waals surface area contributed by atoms with Crippen LogP contribution < -0.4 is 21.9 Å². The van der Waals surface area contributed by atoms with E-state index in [4.69, 9.17) is 5.11 Å². The Morgan fingerprint density at radius 1 is 1.36 bits per heavy atom. The fourth-order valence-corrected chi connectivity index (χ4v) is 1.85. The third-order valence-corrected chi connectivity index (χ3v) is 2.91. The quantitative estimate of drug-likeness (QED) is 0.576. The molecule has 1 saturated heterocycles. The molecule has 14 heavy (non-hydrogen) atoms. The summed E-state index contributed by atoms with van der Waals surface area (Å²) in [6, 6.07) is 0. The second-order valence-electron chi connectivity index (χ2n) is 4.09. The molecule has 1 heterocycles. The molecule has 0 bridgehead atoms. The highest BCUT2D eigenvalue weighted by Gasteiger charge is 2.17. The summed E-state index contributed by atoms with van der Waals surface area (Å²) in [5.74, 6) is -0.828. The first-order valence-electron chi connectivity index (χ1n) is 5.26. The molecule has 2 N–H and O–H groups in total. The van der Waals surface area contributed by atoms with Gasteiger partial charge in [0.15, 0.2) is 0 Å². The van der Waals surface area contributed by atoms with Gasteiger partial charge in [0.1, 0.15) is 0 Å². The normalized spacial score (nSPS) is 19.8. The van der Waals surface area contributed by atoms with E-state index in [0.29, 0.717) is 0 Å². The smallest absolute Gasteiger partial charge is 0.306 e. The van der Waals surface area contributed by atoms with E-state index in [2.05, 4.69) is 0 Å². The van der Waals surface area contributed by atoms with Crippen LogP contribution in [0.5, 0.6) is 0 Å². The molecule has 3 nitrogen and oxygen atoms in total.